The van der Waals surface area contributed by atoms with E-state index in [2.05, 4.69) is 5.32 Å². The molecule has 0 bridgehead atoms. The third kappa shape index (κ3) is 4.00. The van der Waals surface area contributed by atoms with E-state index in [0.29, 0.717) is 19.0 Å². The van der Waals surface area contributed by atoms with Gasteiger partial charge in [-0.3, -0.25) is 24.1 Å². The van der Waals surface area contributed by atoms with E-state index in [1.54, 1.807) is 4.90 Å². The smallest absolute Gasteiger partial charge is 0.288 e. The third-order valence-corrected chi connectivity index (χ3v) is 4.50. The van der Waals surface area contributed by atoms with Gasteiger partial charge in [0.15, 0.2) is 0 Å². The lowest BCUT2D eigenvalue weighted by Gasteiger charge is -2.19. The summed E-state index contributed by atoms with van der Waals surface area (Å²) >= 11 is 0.977. The van der Waals surface area contributed by atoms with Gasteiger partial charge in [0.05, 0.1) is 11.7 Å². The van der Waals surface area contributed by atoms with E-state index in [1.165, 1.54) is 0 Å². The average molecular weight is 327 g/mol. The summed E-state index contributed by atoms with van der Waals surface area (Å²) in [6.45, 7) is 5.58. The highest BCUT2D eigenvalue weighted by atomic mass is 32.2. The zero-order chi connectivity index (χ0) is 16.3. The Kier molecular flexibility index (Phi) is 5.44. The molecule has 2 rings (SSSR count). The van der Waals surface area contributed by atoms with Crippen LogP contribution in [0.15, 0.2) is 0 Å². The van der Waals surface area contributed by atoms with Crippen LogP contribution in [0.25, 0.3) is 0 Å². The van der Waals surface area contributed by atoms with Crippen LogP contribution in [0.3, 0.4) is 0 Å². The normalized spacial score (nSPS) is 22.1. The quantitative estimate of drug-likeness (QED) is 0.758. The molecule has 4 amide bonds. The molecule has 0 aromatic rings. The molecule has 1 atom stereocenters. The Morgan fingerprint density at radius 3 is 2.64 bits per heavy atom. The van der Waals surface area contributed by atoms with Crippen molar-refractivity contribution in [1.82, 2.24) is 15.1 Å². The summed E-state index contributed by atoms with van der Waals surface area (Å²) in [4.78, 5) is 49.6. The van der Waals surface area contributed by atoms with E-state index in [-0.39, 0.29) is 54.1 Å². The SMILES string of the molecule is CC(C)CN1C[C@H](C(=O)NCCN2C(=O)CSC2=O)CC1=O. The molecule has 22 heavy (non-hydrogen) atoms. The number of nitrogens with one attached hydrogen (secondary N) is 1. The van der Waals surface area contributed by atoms with Crippen LogP contribution in [0.5, 0.6) is 0 Å². The van der Waals surface area contributed by atoms with Gasteiger partial charge in [-0.1, -0.05) is 25.6 Å². The van der Waals surface area contributed by atoms with Crippen molar-refractivity contribution in [1.29, 1.82) is 0 Å². The van der Waals surface area contributed by atoms with Gasteiger partial charge in [-0.15, -0.1) is 0 Å². The van der Waals surface area contributed by atoms with Gasteiger partial charge in [-0.2, -0.15) is 0 Å². The summed E-state index contributed by atoms with van der Waals surface area (Å²) in [5, 5.41) is 2.45. The minimum absolute atomic E-state index is 0.00940. The number of hydrogen-bond donors (Lipinski definition) is 1. The maximum Gasteiger partial charge on any atom is 0.288 e. The first-order chi connectivity index (χ1) is 10.4. The molecule has 0 unspecified atom stereocenters. The van der Waals surface area contributed by atoms with Gasteiger partial charge >= 0.3 is 0 Å². The Labute approximate surface area is 133 Å². The number of imide groups is 1. The molecule has 0 radical (unpaired) electrons. The van der Waals surface area contributed by atoms with Gasteiger partial charge in [0.25, 0.3) is 5.24 Å². The van der Waals surface area contributed by atoms with E-state index < -0.39 is 0 Å². The molecule has 1 N–H and O–H groups in total. The predicted octanol–water partition coefficient (Wildman–Crippen LogP) is 0.302. The molecule has 2 heterocycles. The van der Waals surface area contributed by atoms with Crippen molar-refractivity contribution in [3.8, 4) is 0 Å². The first kappa shape index (κ1) is 16.8. The Morgan fingerprint density at radius 1 is 1.32 bits per heavy atom. The Morgan fingerprint density at radius 2 is 2.05 bits per heavy atom. The van der Waals surface area contributed by atoms with Crippen molar-refractivity contribution in [2.45, 2.75) is 20.3 Å². The van der Waals surface area contributed by atoms with Crippen LogP contribution in [0.1, 0.15) is 20.3 Å². The summed E-state index contributed by atoms with van der Waals surface area (Å²) in [5.41, 5.74) is 0. The number of carbonyl (C=O) groups is 4. The minimum Gasteiger partial charge on any atom is -0.354 e. The molecule has 0 spiro atoms. The summed E-state index contributed by atoms with van der Waals surface area (Å²) in [6, 6.07) is 0. The summed E-state index contributed by atoms with van der Waals surface area (Å²) in [6.07, 6.45) is 0.232. The molecule has 2 fully saturated rings. The van der Waals surface area contributed by atoms with Gasteiger partial charge in [-0.25, -0.2) is 0 Å². The molecule has 2 aliphatic rings. The molecule has 122 valence electrons. The Hall–Kier alpha value is -1.57. The highest BCUT2D eigenvalue weighted by molar-refractivity contribution is 8.14. The minimum atomic E-state index is -0.342. The molecule has 0 aromatic carbocycles. The van der Waals surface area contributed by atoms with Crippen LogP contribution in [-0.2, 0) is 14.4 Å². The van der Waals surface area contributed by atoms with Gasteiger partial charge < -0.3 is 10.2 Å². The fourth-order valence-electron chi connectivity index (χ4n) is 2.60. The lowest BCUT2D eigenvalue weighted by atomic mass is 10.1. The van der Waals surface area contributed by atoms with Crippen molar-refractivity contribution in [3.05, 3.63) is 0 Å². The zero-order valence-corrected chi connectivity index (χ0v) is 13.6. The van der Waals surface area contributed by atoms with E-state index in [4.69, 9.17) is 0 Å². The molecule has 0 aliphatic carbocycles. The number of likely N-dealkylation sites (tertiary alicyclic amines) is 1. The monoisotopic (exact) mass is 327 g/mol. The number of nitrogens with zero attached hydrogens (tertiary/aromatic N) is 2. The predicted molar refractivity (Wildman–Crippen MR) is 82.1 cm³/mol. The van der Waals surface area contributed by atoms with Gasteiger partial charge in [0.2, 0.25) is 17.7 Å². The van der Waals surface area contributed by atoms with Gasteiger partial charge in [-0.05, 0) is 5.92 Å². The largest absolute Gasteiger partial charge is 0.354 e. The first-order valence-electron chi connectivity index (χ1n) is 7.41. The van der Waals surface area contributed by atoms with Gasteiger partial charge in [0.1, 0.15) is 0 Å². The molecule has 2 saturated heterocycles. The number of rotatable bonds is 6. The summed E-state index contributed by atoms with van der Waals surface area (Å²) in [7, 11) is 0. The number of amides is 4. The van der Waals surface area contributed by atoms with Crippen LogP contribution in [0, 0.1) is 11.8 Å². The number of thioether (sulfide) groups is 1. The Bertz CT molecular complexity index is 478. The topological polar surface area (TPSA) is 86.8 Å². The van der Waals surface area contributed by atoms with Crippen molar-refractivity contribution >= 4 is 34.7 Å². The molecule has 8 heteroatoms. The van der Waals surface area contributed by atoms with E-state index in [0.717, 1.165) is 16.7 Å². The van der Waals surface area contributed by atoms with Crippen molar-refractivity contribution in [2.24, 2.45) is 11.8 Å². The van der Waals surface area contributed by atoms with E-state index in [1.807, 2.05) is 13.8 Å². The summed E-state index contributed by atoms with van der Waals surface area (Å²) in [5.74, 6) is -0.195. The van der Waals surface area contributed by atoms with E-state index >= 15 is 0 Å². The maximum atomic E-state index is 12.1. The van der Waals surface area contributed by atoms with Crippen LogP contribution in [0.4, 0.5) is 4.79 Å². The van der Waals surface area contributed by atoms with Crippen LogP contribution < -0.4 is 5.32 Å². The molecule has 7 nitrogen and oxygen atoms in total. The summed E-state index contributed by atoms with van der Waals surface area (Å²) < 4.78 is 0. The highest BCUT2D eigenvalue weighted by Crippen LogP contribution is 2.20. The second kappa shape index (κ2) is 7.13. The average Bonchev–Trinajstić information content (AvgIpc) is 2.95. The molecule has 0 aromatic heterocycles. The third-order valence-electron chi connectivity index (χ3n) is 3.65. The fraction of sp³-hybridized carbons (Fsp3) is 0.714. The first-order valence-corrected chi connectivity index (χ1v) is 8.39. The molecule has 0 saturated carbocycles. The second-order valence-corrected chi connectivity index (χ2v) is 6.91. The Balaban J connectivity index is 1.75. The van der Waals surface area contributed by atoms with Crippen molar-refractivity contribution in [2.75, 3.05) is 31.9 Å². The van der Waals surface area contributed by atoms with Crippen molar-refractivity contribution < 1.29 is 19.2 Å². The lowest BCUT2D eigenvalue weighted by Crippen LogP contribution is -2.40. The van der Waals surface area contributed by atoms with Crippen LogP contribution in [0.2, 0.25) is 0 Å². The number of carbonyl (C=O) groups excluding carboxylic acids is 4. The highest BCUT2D eigenvalue weighted by Gasteiger charge is 2.34. The van der Waals surface area contributed by atoms with Gasteiger partial charge in [0, 0.05) is 32.6 Å². The van der Waals surface area contributed by atoms with E-state index in [9.17, 15) is 19.2 Å². The fourth-order valence-corrected chi connectivity index (χ4v) is 3.35. The standard InChI is InChI=1S/C14H21N3O4S/c1-9(2)6-16-7-10(5-11(16)18)13(20)15-3-4-17-12(19)8-22-14(17)21/h9-10H,3-8H2,1-2H3,(H,15,20)/t10-/m1/s1. The second-order valence-electron chi connectivity index (χ2n) is 5.98. The molecular formula is C14H21N3O4S. The van der Waals surface area contributed by atoms with Crippen LogP contribution >= 0.6 is 11.8 Å². The zero-order valence-electron chi connectivity index (χ0n) is 12.8. The maximum absolute atomic E-state index is 12.1. The molecule has 2 aliphatic heterocycles. The van der Waals surface area contributed by atoms with Crippen molar-refractivity contribution in [3.63, 3.8) is 0 Å². The molecular weight excluding hydrogens is 306 g/mol. The lowest BCUT2D eigenvalue weighted by molar-refractivity contribution is -0.129. The van der Waals surface area contributed by atoms with Crippen LogP contribution in [-0.4, -0.2) is 64.7 Å². The number of hydrogen-bond acceptors (Lipinski definition) is 5.